The molecule has 1 aliphatic heterocycles. The van der Waals surface area contributed by atoms with Gasteiger partial charge in [-0.2, -0.15) is 0 Å². The molecule has 1 aliphatic carbocycles. The number of ether oxygens (including phenoxy) is 2. The number of hydrogen-bond donors (Lipinski definition) is 0. The third kappa shape index (κ3) is 4.06. The van der Waals surface area contributed by atoms with Crippen LogP contribution in [0.3, 0.4) is 0 Å². The number of amides is 1. The first-order valence-corrected chi connectivity index (χ1v) is 10.1. The van der Waals surface area contributed by atoms with Crippen LogP contribution in [0, 0.1) is 11.8 Å². The monoisotopic (exact) mass is 365 g/mol. The van der Waals surface area contributed by atoms with Gasteiger partial charge in [0.15, 0.2) is 0 Å². The van der Waals surface area contributed by atoms with E-state index in [1.165, 1.54) is 18.4 Å². The van der Waals surface area contributed by atoms with Crippen LogP contribution in [-0.4, -0.2) is 38.2 Å². The lowest BCUT2D eigenvalue weighted by atomic mass is 9.82. The quantitative estimate of drug-likeness (QED) is 0.760. The van der Waals surface area contributed by atoms with Crippen LogP contribution in [0.1, 0.15) is 55.8 Å². The molecular formula is C19H27NO4S. The Morgan fingerprint density at radius 1 is 1.16 bits per heavy atom. The first-order chi connectivity index (χ1) is 12.1. The van der Waals surface area contributed by atoms with Crippen LogP contribution in [0.15, 0.2) is 11.4 Å². The Balaban J connectivity index is 1.89. The molecule has 0 aromatic carbocycles. The molecular weight excluding hydrogens is 338 g/mol. The van der Waals surface area contributed by atoms with E-state index in [0.29, 0.717) is 24.7 Å². The molecule has 3 rings (SSSR count). The van der Waals surface area contributed by atoms with Gasteiger partial charge in [0.05, 0.1) is 12.7 Å². The highest BCUT2D eigenvalue weighted by Crippen LogP contribution is 2.37. The maximum atomic E-state index is 13.4. The van der Waals surface area contributed by atoms with Crippen molar-refractivity contribution in [3.63, 3.8) is 0 Å². The van der Waals surface area contributed by atoms with E-state index in [9.17, 15) is 9.59 Å². The fraction of sp³-hybridized carbons (Fsp3) is 0.684. The molecule has 1 saturated carbocycles. The van der Waals surface area contributed by atoms with E-state index < -0.39 is 0 Å². The topological polar surface area (TPSA) is 55.8 Å². The van der Waals surface area contributed by atoms with Crippen LogP contribution in [0.5, 0.6) is 0 Å². The third-order valence-electron chi connectivity index (χ3n) is 5.43. The molecule has 1 amide bonds. The molecule has 0 atom stereocenters. The average Bonchev–Trinajstić information content (AvgIpc) is 3.12. The summed E-state index contributed by atoms with van der Waals surface area (Å²) in [6.45, 7) is 3.58. The number of hydrogen-bond acceptors (Lipinski definition) is 5. The number of nitrogens with zero attached hydrogens (tertiary/aromatic N) is 1. The van der Waals surface area contributed by atoms with Gasteiger partial charge >= 0.3 is 5.97 Å². The second-order valence-electron chi connectivity index (χ2n) is 7.14. The highest BCUT2D eigenvalue weighted by molar-refractivity contribution is 7.14. The summed E-state index contributed by atoms with van der Waals surface area (Å²) in [7, 11) is 1.38. The number of carbonyl (C=O) groups is 2. The van der Waals surface area contributed by atoms with Gasteiger partial charge in [0.1, 0.15) is 5.00 Å². The van der Waals surface area contributed by atoms with Gasteiger partial charge in [-0.15, -0.1) is 11.3 Å². The summed E-state index contributed by atoms with van der Waals surface area (Å²) < 4.78 is 10.4. The number of esters is 1. The molecule has 25 heavy (non-hydrogen) atoms. The van der Waals surface area contributed by atoms with Crippen molar-refractivity contribution < 1.29 is 19.1 Å². The lowest BCUT2D eigenvalue weighted by molar-refractivity contribution is -0.124. The Bertz CT molecular complexity index is 600. The molecule has 0 N–H and O–H groups in total. The van der Waals surface area contributed by atoms with E-state index >= 15 is 0 Å². The van der Waals surface area contributed by atoms with Crippen molar-refractivity contribution in [1.82, 2.24) is 0 Å². The van der Waals surface area contributed by atoms with Gasteiger partial charge in [-0.05, 0) is 55.9 Å². The molecule has 138 valence electrons. The number of thiophene rings is 1. The molecule has 1 saturated heterocycles. The average molecular weight is 365 g/mol. The van der Waals surface area contributed by atoms with Gasteiger partial charge in [0.2, 0.25) is 5.91 Å². The SMILES string of the molecule is COC(=O)c1ccsc1N(C(=O)C1CCC(C)CC1)C1CCOCC1. The Morgan fingerprint density at radius 3 is 2.48 bits per heavy atom. The van der Waals surface area contributed by atoms with Crippen molar-refractivity contribution in [3.8, 4) is 0 Å². The van der Waals surface area contributed by atoms with Gasteiger partial charge in [-0.25, -0.2) is 4.79 Å². The third-order valence-corrected chi connectivity index (χ3v) is 6.34. The fourth-order valence-corrected chi connectivity index (χ4v) is 4.81. The zero-order chi connectivity index (χ0) is 17.8. The van der Waals surface area contributed by atoms with Gasteiger partial charge < -0.3 is 9.47 Å². The second kappa shape index (κ2) is 8.32. The summed E-state index contributed by atoms with van der Waals surface area (Å²) in [5.74, 6) is 0.560. The van der Waals surface area contributed by atoms with E-state index in [2.05, 4.69) is 6.92 Å². The molecule has 2 heterocycles. The Labute approximate surface area is 153 Å². The minimum atomic E-state index is -0.377. The predicted molar refractivity (Wildman–Crippen MR) is 98.1 cm³/mol. The number of carbonyl (C=O) groups excluding carboxylic acids is 2. The Hall–Kier alpha value is -1.40. The van der Waals surface area contributed by atoms with Crippen molar-refractivity contribution in [2.75, 3.05) is 25.2 Å². The van der Waals surface area contributed by atoms with Crippen LogP contribution >= 0.6 is 11.3 Å². The summed E-state index contributed by atoms with van der Waals surface area (Å²) in [4.78, 5) is 27.5. The lowest BCUT2D eigenvalue weighted by Gasteiger charge is -2.37. The molecule has 0 bridgehead atoms. The maximum Gasteiger partial charge on any atom is 0.340 e. The number of anilines is 1. The summed E-state index contributed by atoms with van der Waals surface area (Å²) in [5.41, 5.74) is 0.497. The maximum absolute atomic E-state index is 13.4. The summed E-state index contributed by atoms with van der Waals surface area (Å²) >= 11 is 1.45. The van der Waals surface area contributed by atoms with Gasteiger partial charge in [0.25, 0.3) is 0 Å². The van der Waals surface area contributed by atoms with Gasteiger partial charge in [-0.3, -0.25) is 9.69 Å². The summed E-state index contributed by atoms with van der Waals surface area (Å²) in [6.07, 6.45) is 5.72. The lowest BCUT2D eigenvalue weighted by Crippen LogP contribution is -2.47. The van der Waals surface area contributed by atoms with E-state index in [1.807, 2.05) is 10.3 Å². The molecule has 0 spiro atoms. The fourth-order valence-electron chi connectivity index (χ4n) is 3.85. The summed E-state index contributed by atoms with van der Waals surface area (Å²) in [6, 6.07) is 1.86. The van der Waals surface area contributed by atoms with Crippen LogP contribution in [0.4, 0.5) is 5.00 Å². The van der Waals surface area contributed by atoms with Crippen LogP contribution in [0.25, 0.3) is 0 Å². The van der Waals surface area contributed by atoms with Crippen LogP contribution in [0.2, 0.25) is 0 Å². The molecule has 1 aromatic rings. The number of methoxy groups -OCH3 is 1. The van der Waals surface area contributed by atoms with E-state index in [0.717, 1.165) is 43.5 Å². The van der Waals surface area contributed by atoms with Crippen molar-refractivity contribution >= 4 is 28.2 Å². The Morgan fingerprint density at radius 2 is 1.84 bits per heavy atom. The highest BCUT2D eigenvalue weighted by atomic mass is 32.1. The molecule has 2 fully saturated rings. The van der Waals surface area contributed by atoms with Crippen molar-refractivity contribution in [1.29, 1.82) is 0 Å². The molecule has 6 heteroatoms. The molecule has 5 nitrogen and oxygen atoms in total. The number of rotatable bonds is 4. The standard InChI is InChI=1S/C19H27NO4S/c1-13-3-5-14(6-4-13)17(21)20(15-7-10-24-11-8-15)18-16(9-12-25-18)19(22)23-2/h9,12-15H,3-8,10-11H2,1-2H3. The van der Waals surface area contributed by atoms with E-state index in [-0.39, 0.29) is 23.8 Å². The van der Waals surface area contributed by atoms with Crippen LogP contribution < -0.4 is 4.90 Å². The molecule has 2 aliphatic rings. The molecule has 0 unspecified atom stereocenters. The van der Waals surface area contributed by atoms with Crippen LogP contribution in [-0.2, 0) is 14.3 Å². The minimum Gasteiger partial charge on any atom is -0.465 e. The van der Waals surface area contributed by atoms with Crippen molar-refractivity contribution in [3.05, 3.63) is 17.0 Å². The van der Waals surface area contributed by atoms with Gasteiger partial charge in [0, 0.05) is 25.2 Å². The highest BCUT2D eigenvalue weighted by Gasteiger charge is 2.36. The first-order valence-electron chi connectivity index (χ1n) is 9.18. The Kier molecular flexibility index (Phi) is 6.12. The smallest absolute Gasteiger partial charge is 0.340 e. The second-order valence-corrected chi connectivity index (χ2v) is 8.03. The minimum absolute atomic E-state index is 0.0617. The first kappa shape index (κ1) is 18.4. The normalized spacial score (nSPS) is 24.7. The van der Waals surface area contributed by atoms with Gasteiger partial charge in [-0.1, -0.05) is 6.92 Å². The van der Waals surface area contributed by atoms with Crippen molar-refractivity contribution in [2.24, 2.45) is 11.8 Å². The predicted octanol–water partition coefficient (Wildman–Crippen LogP) is 3.87. The van der Waals surface area contributed by atoms with E-state index in [4.69, 9.17) is 9.47 Å². The van der Waals surface area contributed by atoms with Crippen molar-refractivity contribution in [2.45, 2.75) is 51.5 Å². The zero-order valence-electron chi connectivity index (χ0n) is 15.0. The van der Waals surface area contributed by atoms with E-state index in [1.54, 1.807) is 6.07 Å². The zero-order valence-corrected chi connectivity index (χ0v) is 15.8. The largest absolute Gasteiger partial charge is 0.465 e. The molecule has 0 radical (unpaired) electrons. The summed E-state index contributed by atoms with van der Waals surface area (Å²) in [5, 5.41) is 2.60. The molecule has 1 aromatic heterocycles.